The molecule has 0 radical (unpaired) electrons. The first-order valence-corrected chi connectivity index (χ1v) is 4.49. The summed E-state index contributed by atoms with van der Waals surface area (Å²) in [6.45, 7) is 0. The van der Waals surface area contributed by atoms with Gasteiger partial charge in [0.2, 0.25) is 0 Å². The molecule has 1 unspecified atom stereocenters. The van der Waals surface area contributed by atoms with Crippen molar-refractivity contribution in [3.8, 4) is 6.07 Å². The van der Waals surface area contributed by atoms with E-state index < -0.39 is 0 Å². The van der Waals surface area contributed by atoms with E-state index >= 15 is 0 Å². The van der Waals surface area contributed by atoms with E-state index in [-0.39, 0.29) is 5.92 Å². The lowest BCUT2D eigenvalue weighted by atomic mass is 9.86. The van der Waals surface area contributed by atoms with E-state index in [0.29, 0.717) is 0 Å². The third kappa shape index (κ3) is 1.60. The minimum absolute atomic E-state index is 0.188. The first kappa shape index (κ1) is 7.81. The zero-order chi connectivity index (χ0) is 7.40. The summed E-state index contributed by atoms with van der Waals surface area (Å²) in [5.74, 6) is 0.188. The summed E-state index contributed by atoms with van der Waals surface area (Å²) in [6, 6.07) is 2.31. The summed E-state index contributed by atoms with van der Waals surface area (Å²) in [6.07, 6.45) is 4.61. The molecule has 1 nitrogen and oxygen atoms in total. The molecular weight excluding hydrogens is 190 g/mol. The first-order valence-electron chi connectivity index (χ1n) is 3.57. The Bertz CT molecular complexity index is 178. The normalized spacial score (nSPS) is 30.0. The van der Waals surface area contributed by atoms with E-state index in [9.17, 15) is 0 Å². The minimum atomic E-state index is 0.188. The van der Waals surface area contributed by atoms with Crippen molar-refractivity contribution in [3.63, 3.8) is 0 Å². The van der Waals surface area contributed by atoms with Crippen LogP contribution in [0.1, 0.15) is 25.7 Å². The molecule has 0 N–H and O–H groups in total. The van der Waals surface area contributed by atoms with Crippen LogP contribution in [0.2, 0.25) is 0 Å². The molecule has 1 aliphatic rings. The molecule has 0 heterocycles. The molecule has 0 aromatic heterocycles. The second-order valence-corrected chi connectivity index (χ2v) is 3.07. The van der Waals surface area contributed by atoms with Crippen molar-refractivity contribution in [1.82, 2.24) is 0 Å². The van der Waals surface area contributed by atoms with Crippen molar-refractivity contribution in [2.45, 2.75) is 25.7 Å². The van der Waals surface area contributed by atoms with Gasteiger partial charge in [0.15, 0.2) is 0 Å². The van der Waals surface area contributed by atoms with Crippen LogP contribution in [0.3, 0.4) is 0 Å². The fraction of sp³-hybridized carbons (Fsp3) is 0.625. The van der Waals surface area contributed by atoms with Gasteiger partial charge in [0.05, 0.1) is 12.0 Å². The van der Waals surface area contributed by atoms with E-state index in [1.54, 1.807) is 0 Å². The highest BCUT2D eigenvalue weighted by Gasteiger charge is 2.16. The van der Waals surface area contributed by atoms with Gasteiger partial charge in [-0.1, -0.05) is 22.4 Å². The predicted octanol–water partition coefficient (Wildman–Crippen LogP) is 2.98. The quantitative estimate of drug-likeness (QED) is 0.589. The summed E-state index contributed by atoms with van der Waals surface area (Å²) in [4.78, 5) is 1.92. The Balaban J connectivity index is 2.62. The Hall–Kier alpha value is -0.290. The van der Waals surface area contributed by atoms with E-state index in [1.165, 1.54) is 18.4 Å². The molecule has 0 bridgehead atoms. The number of rotatable bonds is 0. The second kappa shape index (κ2) is 3.78. The highest BCUT2D eigenvalue weighted by Crippen LogP contribution is 2.29. The number of nitrogens with zero attached hydrogens (tertiary/aromatic N) is 1. The number of halogens is 1. The molecule has 0 aromatic rings. The largest absolute Gasteiger partial charge is 0.198 e. The zero-order valence-electron chi connectivity index (χ0n) is 5.81. The van der Waals surface area contributed by atoms with Crippen LogP contribution >= 0.6 is 15.9 Å². The van der Waals surface area contributed by atoms with Gasteiger partial charge in [-0.25, -0.2) is 0 Å². The standard InChI is InChI=1S/C8H10BrN/c9-5-7-3-1-2-4-8(7)6-10/h5,8H,1-4H2. The summed E-state index contributed by atoms with van der Waals surface area (Å²) in [5, 5.41) is 8.68. The van der Waals surface area contributed by atoms with E-state index in [1.807, 2.05) is 4.99 Å². The van der Waals surface area contributed by atoms with Gasteiger partial charge in [0.1, 0.15) is 0 Å². The summed E-state index contributed by atoms with van der Waals surface area (Å²) in [7, 11) is 0. The third-order valence-electron chi connectivity index (χ3n) is 1.95. The lowest BCUT2D eigenvalue weighted by Crippen LogP contribution is -2.06. The lowest BCUT2D eigenvalue weighted by Gasteiger charge is -2.17. The first-order chi connectivity index (χ1) is 4.88. The highest BCUT2D eigenvalue weighted by atomic mass is 79.9. The number of allylic oxidation sites excluding steroid dienone is 1. The molecule has 0 spiro atoms. The highest BCUT2D eigenvalue weighted by molar-refractivity contribution is 9.11. The van der Waals surface area contributed by atoms with Crippen molar-refractivity contribution in [1.29, 1.82) is 5.26 Å². The van der Waals surface area contributed by atoms with Crippen LogP contribution in [0.15, 0.2) is 10.6 Å². The second-order valence-electron chi connectivity index (χ2n) is 2.61. The van der Waals surface area contributed by atoms with Crippen molar-refractivity contribution in [3.05, 3.63) is 10.6 Å². The van der Waals surface area contributed by atoms with Gasteiger partial charge in [0.25, 0.3) is 0 Å². The molecule has 54 valence electrons. The van der Waals surface area contributed by atoms with Gasteiger partial charge in [-0.05, 0) is 29.8 Å². The molecule has 2 heteroatoms. The zero-order valence-corrected chi connectivity index (χ0v) is 7.39. The van der Waals surface area contributed by atoms with E-state index in [2.05, 4.69) is 22.0 Å². The van der Waals surface area contributed by atoms with E-state index in [0.717, 1.165) is 12.8 Å². The van der Waals surface area contributed by atoms with Crippen LogP contribution in [0.4, 0.5) is 0 Å². The topological polar surface area (TPSA) is 23.8 Å². The fourth-order valence-corrected chi connectivity index (χ4v) is 1.86. The maximum Gasteiger partial charge on any atom is 0.0700 e. The maximum atomic E-state index is 8.68. The molecule has 1 atom stereocenters. The van der Waals surface area contributed by atoms with Crippen molar-refractivity contribution < 1.29 is 0 Å². The molecule has 1 aliphatic carbocycles. The molecule has 1 fully saturated rings. The Morgan fingerprint density at radius 2 is 2.40 bits per heavy atom. The van der Waals surface area contributed by atoms with E-state index in [4.69, 9.17) is 5.26 Å². The summed E-state index contributed by atoms with van der Waals surface area (Å²) >= 11 is 3.28. The predicted molar refractivity (Wildman–Crippen MR) is 44.6 cm³/mol. The number of hydrogen-bond acceptors (Lipinski definition) is 1. The monoisotopic (exact) mass is 199 g/mol. The van der Waals surface area contributed by atoms with Gasteiger partial charge in [0, 0.05) is 0 Å². The molecule has 1 rings (SSSR count). The fourth-order valence-electron chi connectivity index (χ4n) is 1.32. The summed E-state index contributed by atoms with van der Waals surface area (Å²) < 4.78 is 0. The van der Waals surface area contributed by atoms with Gasteiger partial charge in [-0.2, -0.15) is 5.26 Å². The van der Waals surface area contributed by atoms with Crippen LogP contribution in [0, 0.1) is 17.2 Å². The SMILES string of the molecule is N#CC1CCCCC1=CBr. The maximum absolute atomic E-state index is 8.68. The van der Waals surface area contributed by atoms with Gasteiger partial charge in [-0.3, -0.25) is 0 Å². The Morgan fingerprint density at radius 3 is 2.90 bits per heavy atom. The number of hydrogen-bond donors (Lipinski definition) is 0. The molecule has 0 saturated heterocycles. The number of nitriles is 1. The van der Waals surface area contributed by atoms with Crippen LogP contribution in [0.25, 0.3) is 0 Å². The van der Waals surface area contributed by atoms with Crippen LogP contribution in [-0.2, 0) is 0 Å². The third-order valence-corrected chi connectivity index (χ3v) is 2.54. The average Bonchev–Trinajstić information content (AvgIpc) is 2.04. The molecule has 0 aromatic carbocycles. The lowest BCUT2D eigenvalue weighted by molar-refractivity contribution is 0.528. The van der Waals surface area contributed by atoms with Gasteiger partial charge < -0.3 is 0 Å². The molecule has 10 heavy (non-hydrogen) atoms. The van der Waals surface area contributed by atoms with Gasteiger partial charge in [-0.15, -0.1) is 0 Å². The van der Waals surface area contributed by atoms with Crippen molar-refractivity contribution >= 4 is 15.9 Å². The van der Waals surface area contributed by atoms with Crippen LogP contribution in [0.5, 0.6) is 0 Å². The Kier molecular flexibility index (Phi) is 2.95. The molecule has 1 saturated carbocycles. The van der Waals surface area contributed by atoms with Crippen molar-refractivity contribution in [2.24, 2.45) is 5.92 Å². The van der Waals surface area contributed by atoms with Crippen molar-refractivity contribution in [2.75, 3.05) is 0 Å². The Morgan fingerprint density at radius 1 is 1.60 bits per heavy atom. The summed E-state index contributed by atoms with van der Waals surface area (Å²) in [5.41, 5.74) is 1.27. The van der Waals surface area contributed by atoms with Crippen LogP contribution < -0.4 is 0 Å². The molecule has 0 aliphatic heterocycles. The smallest absolute Gasteiger partial charge is 0.0700 e. The van der Waals surface area contributed by atoms with Crippen LogP contribution in [-0.4, -0.2) is 0 Å². The minimum Gasteiger partial charge on any atom is -0.198 e. The molecular formula is C8H10BrN. The Labute approximate surface area is 69.9 Å². The van der Waals surface area contributed by atoms with Gasteiger partial charge >= 0.3 is 0 Å². The molecule has 0 amide bonds. The average molecular weight is 200 g/mol.